The molecule has 2 aromatic rings. The van der Waals surface area contributed by atoms with Gasteiger partial charge in [0.05, 0.1) is 19.3 Å². The van der Waals surface area contributed by atoms with Crippen LogP contribution in [0.1, 0.15) is 43.5 Å². The predicted octanol–water partition coefficient (Wildman–Crippen LogP) is 4.11. The van der Waals surface area contributed by atoms with Crippen LogP contribution in [0, 0.1) is 5.41 Å². The molecule has 0 bridgehead atoms. The van der Waals surface area contributed by atoms with Crippen LogP contribution in [0.25, 0.3) is 0 Å². The minimum atomic E-state index is -0.146. The lowest BCUT2D eigenvalue weighted by atomic mass is 9.82. The quantitative estimate of drug-likeness (QED) is 0.774. The second-order valence-electron chi connectivity index (χ2n) is 8.75. The molecule has 0 aromatic heterocycles. The maximum atomic E-state index is 12.6. The lowest BCUT2D eigenvalue weighted by Crippen LogP contribution is -2.42. The van der Waals surface area contributed by atoms with Gasteiger partial charge in [0, 0.05) is 26.2 Å². The summed E-state index contributed by atoms with van der Waals surface area (Å²) in [4.78, 5) is 15.0. The van der Waals surface area contributed by atoms with Gasteiger partial charge in [0.15, 0.2) is 0 Å². The molecule has 1 aliphatic rings. The molecule has 2 amide bonds. The number of carbonyl (C=O) groups is 1. The van der Waals surface area contributed by atoms with E-state index in [9.17, 15) is 4.79 Å². The number of amides is 2. The van der Waals surface area contributed by atoms with Crippen molar-refractivity contribution in [2.45, 2.75) is 39.9 Å². The monoisotopic (exact) mass is 395 g/mol. The van der Waals surface area contributed by atoms with Gasteiger partial charge >= 0.3 is 6.03 Å². The number of hydrogen-bond acceptors (Lipinski definition) is 3. The Kier molecular flexibility index (Phi) is 7.29. The van der Waals surface area contributed by atoms with Crippen molar-refractivity contribution in [3.8, 4) is 0 Å². The highest BCUT2D eigenvalue weighted by Crippen LogP contribution is 2.32. The van der Waals surface area contributed by atoms with Crippen molar-refractivity contribution >= 4 is 6.03 Å². The van der Waals surface area contributed by atoms with Crippen molar-refractivity contribution < 1.29 is 9.53 Å². The summed E-state index contributed by atoms with van der Waals surface area (Å²) in [5, 5.41) is 6.17. The zero-order valence-corrected chi connectivity index (χ0v) is 17.8. The van der Waals surface area contributed by atoms with E-state index in [0.717, 1.165) is 44.0 Å². The fourth-order valence-electron chi connectivity index (χ4n) is 3.67. The third-order valence-electron chi connectivity index (χ3n) is 5.23. The van der Waals surface area contributed by atoms with Crippen LogP contribution in [0.3, 0.4) is 0 Å². The van der Waals surface area contributed by atoms with Crippen LogP contribution in [0.2, 0.25) is 0 Å². The molecule has 3 rings (SSSR count). The van der Waals surface area contributed by atoms with Gasteiger partial charge in [-0.05, 0) is 22.1 Å². The van der Waals surface area contributed by atoms with Gasteiger partial charge in [-0.1, -0.05) is 75.4 Å². The molecule has 0 saturated carbocycles. The van der Waals surface area contributed by atoms with Crippen molar-refractivity contribution in [2.75, 3.05) is 26.3 Å². The van der Waals surface area contributed by atoms with E-state index >= 15 is 0 Å². The van der Waals surface area contributed by atoms with Crippen LogP contribution in [-0.2, 0) is 17.8 Å². The molecule has 1 aliphatic heterocycles. The third kappa shape index (κ3) is 6.58. The molecule has 1 unspecified atom stereocenters. The van der Waals surface area contributed by atoms with Gasteiger partial charge in [-0.2, -0.15) is 0 Å². The topological polar surface area (TPSA) is 53.6 Å². The molecule has 1 saturated heterocycles. The Morgan fingerprint density at radius 2 is 1.72 bits per heavy atom. The summed E-state index contributed by atoms with van der Waals surface area (Å²) in [5.74, 6) is 0. The van der Waals surface area contributed by atoms with E-state index in [2.05, 4.69) is 72.7 Å². The van der Waals surface area contributed by atoms with E-state index in [1.165, 1.54) is 5.56 Å². The normalized spacial score (nSPS) is 16.2. The van der Waals surface area contributed by atoms with E-state index in [4.69, 9.17) is 4.74 Å². The third-order valence-corrected chi connectivity index (χ3v) is 5.23. The van der Waals surface area contributed by atoms with E-state index in [1.54, 1.807) is 0 Å². The van der Waals surface area contributed by atoms with Gasteiger partial charge in [-0.25, -0.2) is 4.79 Å². The number of hydrogen-bond donors (Lipinski definition) is 2. The Bertz CT molecular complexity index is 780. The van der Waals surface area contributed by atoms with E-state index < -0.39 is 0 Å². The van der Waals surface area contributed by atoms with Gasteiger partial charge in [0.2, 0.25) is 0 Å². The van der Waals surface area contributed by atoms with Crippen LogP contribution in [0.15, 0.2) is 54.6 Å². The lowest BCUT2D eigenvalue weighted by molar-refractivity contribution is 0.0342. The summed E-state index contributed by atoms with van der Waals surface area (Å²) in [6.45, 7) is 11.4. The molecule has 5 heteroatoms. The van der Waals surface area contributed by atoms with Crippen LogP contribution in [-0.4, -0.2) is 37.2 Å². The molecule has 2 N–H and O–H groups in total. The van der Waals surface area contributed by atoms with E-state index in [0.29, 0.717) is 6.54 Å². The Morgan fingerprint density at radius 1 is 1.03 bits per heavy atom. The number of morpholine rings is 1. The van der Waals surface area contributed by atoms with Crippen LogP contribution in [0.4, 0.5) is 4.79 Å². The maximum Gasteiger partial charge on any atom is 0.315 e. The molecule has 5 nitrogen and oxygen atoms in total. The molecule has 1 atom stereocenters. The first-order valence-electron chi connectivity index (χ1n) is 10.4. The van der Waals surface area contributed by atoms with Crippen molar-refractivity contribution in [1.82, 2.24) is 15.5 Å². The van der Waals surface area contributed by atoms with Crippen molar-refractivity contribution in [3.05, 3.63) is 71.3 Å². The van der Waals surface area contributed by atoms with Crippen molar-refractivity contribution in [3.63, 3.8) is 0 Å². The molecule has 0 radical (unpaired) electrons. The second-order valence-corrected chi connectivity index (χ2v) is 8.75. The number of nitrogens with one attached hydrogen (secondary N) is 2. The highest BCUT2D eigenvalue weighted by Gasteiger charge is 2.27. The number of ether oxygens (including phenoxy) is 1. The van der Waals surface area contributed by atoms with E-state index in [-0.39, 0.29) is 17.5 Å². The number of urea groups is 1. The highest BCUT2D eigenvalue weighted by atomic mass is 16.5. The molecule has 156 valence electrons. The summed E-state index contributed by atoms with van der Waals surface area (Å²) in [5.41, 5.74) is 3.40. The van der Waals surface area contributed by atoms with Gasteiger partial charge in [-0.15, -0.1) is 0 Å². The van der Waals surface area contributed by atoms with E-state index in [1.807, 2.05) is 18.2 Å². The summed E-state index contributed by atoms with van der Waals surface area (Å²) in [6, 6.07) is 18.4. The first-order chi connectivity index (χ1) is 13.9. The standard InChI is InChI=1S/C24H33N3O2/c1-24(2,3)22(21-10-5-4-6-11-21)26-23(28)25-17-19-8-7-9-20(16-19)18-27-12-14-29-15-13-27/h4-11,16,22H,12-15,17-18H2,1-3H3,(H2,25,26,28). The molecule has 1 fully saturated rings. The maximum absolute atomic E-state index is 12.6. The van der Waals surface area contributed by atoms with Gasteiger partial charge in [-0.3, -0.25) is 4.90 Å². The summed E-state index contributed by atoms with van der Waals surface area (Å²) in [7, 11) is 0. The summed E-state index contributed by atoms with van der Waals surface area (Å²) in [6.07, 6.45) is 0. The van der Waals surface area contributed by atoms with Crippen LogP contribution >= 0.6 is 0 Å². The molecule has 0 aliphatic carbocycles. The Hall–Kier alpha value is -2.37. The zero-order chi connectivity index (χ0) is 20.7. The summed E-state index contributed by atoms with van der Waals surface area (Å²) >= 11 is 0. The molecule has 0 spiro atoms. The second kappa shape index (κ2) is 9.90. The first kappa shape index (κ1) is 21.3. The van der Waals surface area contributed by atoms with Gasteiger partial charge in [0.1, 0.15) is 0 Å². The summed E-state index contributed by atoms with van der Waals surface area (Å²) < 4.78 is 5.42. The number of carbonyl (C=O) groups excluding carboxylic acids is 1. The molecule has 2 aromatic carbocycles. The number of rotatable bonds is 6. The average molecular weight is 396 g/mol. The molecule has 29 heavy (non-hydrogen) atoms. The SMILES string of the molecule is CC(C)(C)C(NC(=O)NCc1cccc(CN2CCOCC2)c1)c1ccccc1. The molecular weight excluding hydrogens is 362 g/mol. The van der Waals surface area contributed by atoms with Crippen molar-refractivity contribution in [2.24, 2.45) is 5.41 Å². The lowest BCUT2D eigenvalue weighted by Gasteiger charge is -2.32. The predicted molar refractivity (Wildman–Crippen MR) is 117 cm³/mol. The van der Waals surface area contributed by atoms with Gasteiger partial charge < -0.3 is 15.4 Å². The highest BCUT2D eigenvalue weighted by molar-refractivity contribution is 5.74. The number of benzene rings is 2. The largest absolute Gasteiger partial charge is 0.379 e. The average Bonchev–Trinajstić information content (AvgIpc) is 2.71. The fourth-order valence-corrected chi connectivity index (χ4v) is 3.67. The van der Waals surface area contributed by atoms with Crippen molar-refractivity contribution in [1.29, 1.82) is 0 Å². The smallest absolute Gasteiger partial charge is 0.315 e. The minimum Gasteiger partial charge on any atom is -0.379 e. The Balaban J connectivity index is 1.56. The zero-order valence-electron chi connectivity index (χ0n) is 17.8. The molecule has 1 heterocycles. The Morgan fingerprint density at radius 3 is 2.41 bits per heavy atom. The molecular formula is C24H33N3O2. The van der Waals surface area contributed by atoms with Crippen LogP contribution in [0.5, 0.6) is 0 Å². The Labute approximate surface area is 174 Å². The first-order valence-corrected chi connectivity index (χ1v) is 10.4. The minimum absolute atomic E-state index is 0.0589. The van der Waals surface area contributed by atoms with Gasteiger partial charge in [0.25, 0.3) is 0 Å². The fraction of sp³-hybridized carbons (Fsp3) is 0.458. The van der Waals surface area contributed by atoms with Crippen LogP contribution < -0.4 is 10.6 Å². The number of nitrogens with zero attached hydrogens (tertiary/aromatic N) is 1.